The zero-order valence-corrected chi connectivity index (χ0v) is 15.9. The van der Waals surface area contributed by atoms with Crippen molar-refractivity contribution in [2.75, 3.05) is 7.11 Å². The quantitative estimate of drug-likeness (QED) is 0.222. The lowest BCUT2D eigenvalue weighted by atomic mass is 10.1. The Morgan fingerprint density at radius 1 is 0.913 bits per heavy atom. The highest BCUT2D eigenvalue weighted by atomic mass is 16.5. The molecule has 0 saturated carbocycles. The van der Waals surface area contributed by atoms with E-state index in [-0.39, 0.29) is 0 Å². The van der Waals surface area contributed by atoms with Crippen LogP contribution < -0.4 is 0 Å². The molecule has 0 aromatic heterocycles. The zero-order chi connectivity index (χ0) is 17.2. The second-order valence-electron chi connectivity index (χ2n) is 6.78. The fourth-order valence-electron chi connectivity index (χ4n) is 2.84. The molecule has 0 aliphatic rings. The van der Waals surface area contributed by atoms with Crippen molar-refractivity contribution >= 4 is 5.78 Å². The van der Waals surface area contributed by atoms with Crippen molar-refractivity contribution in [3.63, 3.8) is 0 Å². The maximum atomic E-state index is 10.8. The average Bonchev–Trinajstić information content (AvgIpc) is 2.54. The van der Waals surface area contributed by atoms with Gasteiger partial charge in [-0.3, -0.25) is 0 Å². The second kappa shape index (κ2) is 17.7. The third-order valence-electron chi connectivity index (χ3n) is 4.43. The van der Waals surface area contributed by atoms with Crippen LogP contribution in [0.1, 0.15) is 104 Å². The molecule has 0 amide bonds. The number of ether oxygens (including phenoxy) is 1. The van der Waals surface area contributed by atoms with E-state index in [1.54, 1.807) is 6.92 Å². The Morgan fingerprint density at radius 2 is 1.57 bits per heavy atom. The van der Waals surface area contributed by atoms with Gasteiger partial charge >= 0.3 is 0 Å². The van der Waals surface area contributed by atoms with E-state index in [0.717, 1.165) is 19.3 Å². The molecule has 0 radical (unpaired) electrons. The molecule has 0 fully saturated rings. The Balaban J connectivity index is 3.39. The van der Waals surface area contributed by atoms with Crippen LogP contribution in [0.4, 0.5) is 0 Å². The fraction of sp³-hybridized carbons (Fsp3) is 0.857. The third-order valence-corrected chi connectivity index (χ3v) is 4.43. The summed E-state index contributed by atoms with van der Waals surface area (Å²) in [4.78, 5) is 10.8. The Kier molecular flexibility index (Phi) is 17.2. The summed E-state index contributed by atoms with van der Waals surface area (Å²) in [5.41, 5.74) is 0. The molecule has 1 atom stereocenters. The smallest absolute Gasteiger partial charge is 0.129 e. The minimum Gasteiger partial charge on any atom is -0.381 e. The topological polar surface area (TPSA) is 26.3 Å². The van der Waals surface area contributed by atoms with E-state index in [0.29, 0.717) is 11.9 Å². The van der Waals surface area contributed by atoms with Gasteiger partial charge in [0.2, 0.25) is 0 Å². The van der Waals surface area contributed by atoms with Crippen molar-refractivity contribution in [1.82, 2.24) is 0 Å². The molecule has 0 rings (SSSR count). The average molecular weight is 325 g/mol. The van der Waals surface area contributed by atoms with E-state index >= 15 is 0 Å². The SMILES string of the molecule is CCCCCCC(C/C=C/CCCCCCCCC(C)=O)OC. The number of ketones is 1. The monoisotopic (exact) mass is 324 g/mol. The largest absolute Gasteiger partial charge is 0.381 e. The van der Waals surface area contributed by atoms with Gasteiger partial charge in [-0.25, -0.2) is 0 Å². The van der Waals surface area contributed by atoms with Crippen molar-refractivity contribution in [3.05, 3.63) is 12.2 Å². The number of hydrogen-bond donors (Lipinski definition) is 0. The van der Waals surface area contributed by atoms with Crippen LogP contribution in [0.2, 0.25) is 0 Å². The van der Waals surface area contributed by atoms with E-state index in [9.17, 15) is 4.79 Å². The minimum atomic E-state index is 0.329. The van der Waals surface area contributed by atoms with Crippen LogP contribution in [0, 0.1) is 0 Å². The van der Waals surface area contributed by atoms with Gasteiger partial charge in [0, 0.05) is 13.5 Å². The first-order chi connectivity index (χ1) is 11.2. The number of methoxy groups -OCH3 is 1. The highest BCUT2D eigenvalue weighted by Gasteiger charge is 2.04. The molecule has 0 aromatic rings. The van der Waals surface area contributed by atoms with Gasteiger partial charge in [-0.15, -0.1) is 0 Å². The van der Waals surface area contributed by atoms with E-state index in [2.05, 4.69) is 19.1 Å². The van der Waals surface area contributed by atoms with E-state index < -0.39 is 0 Å². The van der Waals surface area contributed by atoms with Gasteiger partial charge in [0.05, 0.1) is 6.10 Å². The lowest BCUT2D eigenvalue weighted by molar-refractivity contribution is -0.117. The molecule has 136 valence electrons. The summed E-state index contributed by atoms with van der Waals surface area (Å²) in [6.45, 7) is 3.94. The number of carbonyl (C=O) groups excluding carboxylic acids is 1. The maximum absolute atomic E-state index is 10.8. The maximum Gasteiger partial charge on any atom is 0.129 e. The molecule has 23 heavy (non-hydrogen) atoms. The van der Waals surface area contributed by atoms with Crippen LogP contribution in [-0.4, -0.2) is 19.0 Å². The van der Waals surface area contributed by atoms with Gasteiger partial charge in [0.25, 0.3) is 0 Å². The first kappa shape index (κ1) is 22.4. The third kappa shape index (κ3) is 17.6. The van der Waals surface area contributed by atoms with Gasteiger partial charge < -0.3 is 9.53 Å². The molecule has 0 saturated heterocycles. The van der Waals surface area contributed by atoms with Crippen molar-refractivity contribution in [2.24, 2.45) is 0 Å². The Morgan fingerprint density at radius 3 is 2.22 bits per heavy atom. The summed E-state index contributed by atoms with van der Waals surface area (Å²) in [5.74, 6) is 0.329. The molecule has 0 bridgehead atoms. The van der Waals surface area contributed by atoms with Crippen molar-refractivity contribution < 1.29 is 9.53 Å². The van der Waals surface area contributed by atoms with E-state index in [4.69, 9.17) is 4.74 Å². The molecule has 0 N–H and O–H groups in total. The first-order valence-corrected chi connectivity index (χ1v) is 9.88. The zero-order valence-electron chi connectivity index (χ0n) is 15.9. The number of allylic oxidation sites excluding steroid dienone is 1. The number of hydrogen-bond acceptors (Lipinski definition) is 2. The molecule has 0 aliphatic heterocycles. The fourth-order valence-corrected chi connectivity index (χ4v) is 2.84. The molecule has 0 heterocycles. The van der Waals surface area contributed by atoms with Crippen LogP contribution in [0.3, 0.4) is 0 Å². The predicted octanol–water partition coefficient (Wildman–Crippen LogP) is 6.63. The second-order valence-corrected chi connectivity index (χ2v) is 6.78. The van der Waals surface area contributed by atoms with Crippen LogP contribution >= 0.6 is 0 Å². The Bertz CT molecular complexity index is 284. The number of unbranched alkanes of at least 4 members (excludes halogenated alkanes) is 9. The molecular weight excluding hydrogens is 284 g/mol. The predicted molar refractivity (Wildman–Crippen MR) is 101 cm³/mol. The lowest BCUT2D eigenvalue weighted by Gasteiger charge is -2.12. The number of rotatable bonds is 17. The molecule has 2 heteroatoms. The van der Waals surface area contributed by atoms with Crippen LogP contribution in [0.25, 0.3) is 0 Å². The lowest BCUT2D eigenvalue weighted by Crippen LogP contribution is -2.08. The summed E-state index contributed by atoms with van der Waals surface area (Å²) < 4.78 is 5.55. The Hall–Kier alpha value is -0.630. The van der Waals surface area contributed by atoms with Gasteiger partial charge in [-0.2, -0.15) is 0 Å². The first-order valence-electron chi connectivity index (χ1n) is 9.88. The molecule has 1 unspecified atom stereocenters. The van der Waals surface area contributed by atoms with Crippen LogP contribution in [0.5, 0.6) is 0 Å². The molecule has 0 aliphatic carbocycles. The summed E-state index contributed by atoms with van der Waals surface area (Å²) in [6, 6.07) is 0. The van der Waals surface area contributed by atoms with E-state index in [1.165, 1.54) is 70.6 Å². The normalized spacial score (nSPS) is 12.8. The molecule has 2 nitrogen and oxygen atoms in total. The van der Waals surface area contributed by atoms with Crippen LogP contribution in [-0.2, 0) is 9.53 Å². The molecular formula is C21H40O2. The molecule has 0 spiro atoms. The Labute approximate surface area is 145 Å². The van der Waals surface area contributed by atoms with E-state index in [1.807, 2.05) is 7.11 Å². The standard InChI is InChI=1S/C21H40O2/c1-4-5-6-15-18-21(23-3)19-16-13-11-9-7-8-10-12-14-17-20(2)22/h13,16,21H,4-12,14-15,17-19H2,1-3H3/b16-13+. The number of carbonyl (C=O) groups is 1. The van der Waals surface area contributed by atoms with Crippen molar-refractivity contribution in [2.45, 2.75) is 110 Å². The van der Waals surface area contributed by atoms with Gasteiger partial charge in [0.15, 0.2) is 0 Å². The van der Waals surface area contributed by atoms with Gasteiger partial charge in [0.1, 0.15) is 5.78 Å². The summed E-state index contributed by atoms with van der Waals surface area (Å²) in [5, 5.41) is 0. The summed E-state index contributed by atoms with van der Waals surface area (Å²) in [7, 11) is 1.84. The summed E-state index contributed by atoms with van der Waals surface area (Å²) >= 11 is 0. The van der Waals surface area contributed by atoms with Crippen molar-refractivity contribution in [3.8, 4) is 0 Å². The van der Waals surface area contributed by atoms with Gasteiger partial charge in [-0.05, 0) is 39.0 Å². The van der Waals surface area contributed by atoms with Crippen molar-refractivity contribution in [1.29, 1.82) is 0 Å². The van der Waals surface area contributed by atoms with Gasteiger partial charge in [-0.1, -0.05) is 70.4 Å². The molecule has 0 aromatic carbocycles. The summed E-state index contributed by atoms with van der Waals surface area (Å²) in [6.07, 6.45) is 22.0. The number of Topliss-reactive ketones (excluding diaryl/α,β-unsaturated/α-hetero) is 1. The minimum absolute atomic E-state index is 0.329. The van der Waals surface area contributed by atoms with Crippen LogP contribution in [0.15, 0.2) is 12.2 Å². The highest BCUT2D eigenvalue weighted by molar-refractivity contribution is 5.75. The highest BCUT2D eigenvalue weighted by Crippen LogP contribution is 2.12.